The number of nitrogens with one attached hydrogen (secondary N) is 2. The van der Waals surface area contributed by atoms with E-state index in [1.807, 2.05) is 24.3 Å². The van der Waals surface area contributed by atoms with Crippen LogP contribution >= 0.6 is 0 Å². The number of aromatic nitrogens is 4. The Morgan fingerprint density at radius 1 is 0.900 bits per heavy atom. The quantitative estimate of drug-likeness (QED) is 0.349. The molecule has 4 heterocycles. The molecule has 1 aromatic carbocycles. The van der Waals surface area contributed by atoms with Crippen molar-refractivity contribution < 1.29 is 8.83 Å². The van der Waals surface area contributed by atoms with E-state index in [9.17, 15) is 0 Å². The van der Waals surface area contributed by atoms with Gasteiger partial charge in [-0.25, -0.2) is 9.97 Å². The van der Waals surface area contributed by atoms with Gasteiger partial charge in [0.15, 0.2) is 11.5 Å². The van der Waals surface area contributed by atoms with Gasteiger partial charge in [-0.1, -0.05) is 20.8 Å². The minimum Gasteiger partial charge on any atom is -0.454 e. The number of imidazole rings is 2. The zero-order valence-electron chi connectivity index (χ0n) is 17.1. The van der Waals surface area contributed by atoms with Crippen LogP contribution in [0.15, 0.2) is 45.5 Å². The van der Waals surface area contributed by atoms with Gasteiger partial charge in [0.25, 0.3) is 0 Å². The molecule has 0 bridgehead atoms. The van der Waals surface area contributed by atoms with Crippen molar-refractivity contribution in [3.8, 4) is 22.9 Å². The summed E-state index contributed by atoms with van der Waals surface area (Å²) >= 11 is 0. The average Bonchev–Trinajstić information content (AvgIpc) is 3.48. The number of nitrogens with two attached hydrogens (primary N) is 2. The van der Waals surface area contributed by atoms with Crippen LogP contribution in [-0.2, 0) is 6.54 Å². The van der Waals surface area contributed by atoms with Crippen molar-refractivity contribution in [1.82, 2.24) is 19.9 Å². The van der Waals surface area contributed by atoms with Crippen LogP contribution in [0.4, 0.5) is 0 Å². The van der Waals surface area contributed by atoms with Gasteiger partial charge in [0.2, 0.25) is 0 Å². The third-order valence-corrected chi connectivity index (χ3v) is 5.33. The summed E-state index contributed by atoms with van der Waals surface area (Å²) in [6.07, 6.45) is 3.48. The highest BCUT2D eigenvalue weighted by Gasteiger charge is 2.25. The number of rotatable bonds is 4. The van der Waals surface area contributed by atoms with Crippen LogP contribution in [0.3, 0.4) is 0 Å². The van der Waals surface area contributed by atoms with Gasteiger partial charge in [-0.2, -0.15) is 0 Å². The predicted molar refractivity (Wildman–Crippen MR) is 115 cm³/mol. The SMILES string of the molecule is CC(C)(C)C(N)c1ncc(-c2cc3cc4oc(-c5cnc(CN)[nH]5)cc4cc3o2)[nH]1. The van der Waals surface area contributed by atoms with Gasteiger partial charge in [0, 0.05) is 10.8 Å². The lowest BCUT2D eigenvalue weighted by Gasteiger charge is -2.24. The highest BCUT2D eigenvalue weighted by Crippen LogP contribution is 2.35. The standard InChI is InChI=1S/C22H24N6O2/c1-22(2,3)20(24)21-26-10-14(28-21)18-7-12-5-15-11(4-16(12)30-18)6-17(29-15)13-9-25-19(8-23)27-13/h4-7,9-10,20H,8,23-24H2,1-3H3,(H,25,27)(H,26,28). The zero-order chi connectivity index (χ0) is 21.0. The molecule has 8 heteroatoms. The molecule has 0 aliphatic heterocycles. The van der Waals surface area contributed by atoms with Crippen LogP contribution < -0.4 is 11.5 Å². The monoisotopic (exact) mass is 404 g/mol. The Bertz CT molecular complexity index is 1300. The minimum absolute atomic E-state index is 0.0925. The molecule has 0 aliphatic carbocycles. The summed E-state index contributed by atoms with van der Waals surface area (Å²) in [5.74, 6) is 2.88. The van der Waals surface area contributed by atoms with E-state index in [-0.39, 0.29) is 11.5 Å². The van der Waals surface area contributed by atoms with Gasteiger partial charge >= 0.3 is 0 Å². The summed E-state index contributed by atoms with van der Waals surface area (Å²) in [7, 11) is 0. The molecule has 0 saturated carbocycles. The maximum Gasteiger partial charge on any atom is 0.153 e. The fourth-order valence-electron chi connectivity index (χ4n) is 3.46. The predicted octanol–water partition coefficient (Wildman–Crippen LogP) is 4.46. The summed E-state index contributed by atoms with van der Waals surface area (Å²) in [5, 5.41) is 1.89. The molecule has 30 heavy (non-hydrogen) atoms. The summed E-state index contributed by atoms with van der Waals surface area (Å²) in [6, 6.07) is 7.68. The number of hydrogen-bond acceptors (Lipinski definition) is 6. The summed E-state index contributed by atoms with van der Waals surface area (Å²) in [5.41, 5.74) is 15.0. The van der Waals surface area contributed by atoms with Crippen molar-refractivity contribution in [2.45, 2.75) is 33.4 Å². The molecule has 4 aromatic heterocycles. The number of aromatic amines is 2. The molecule has 0 amide bonds. The molecule has 1 unspecified atom stereocenters. The molecule has 6 N–H and O–H groups in total. The van der Waals surface area contributed by atoms with Gasteiger partial charge in [0.1, 0.15) is 34.2 Å². The molecule has 0 saturated heterocycles. The van der Waals surface area contributed by atoms with Crippen LogP contribution in [0.2, 0.25) is 0 Å². The third kappa shape index (κ3) is 3.10. The van der Waals surface area contributed by atoms with Crippen molar-refractivity contribution in [1.29, 1.82) is 0 Å². The molecule has 0 radical (unpaired) electrons. The maximum absolute atomic E-state index is 6.31. The number of H-pyrrole nitrogens is 2. The van der Waals surface area contributed by atoms with Crippen LogP contribution in [0.1, 0.15) is 38.5 Å². The molecule has 5 rings (SSSR count). The lowest BCUT2D eigenvalue weighted by atomic mass is 9.87. The first-order chi connectivity index (χ1) is 14.3. The van der Waals surface area contributed by atoms with Gasteiger partial charge < -0.3 is 30.3 Å². The Morgan fingerprint density at radius 2 is 1.47 bits per heavy atom. The van der Waals surface area contributed by atoms with E-state index in [4.69, 9.17) is 20.3 Å². The fourth-order valence-corrected chi connectivity index (χ4v) is 3.46. The second-order valence-electron chi connectivity index (χ2n) is 8.62. The Kier molecular flexibility index (Phi) is 4.09. The molecule has 0 fully saturated rings. The van der Waals surface area contributed by atoms with Gasteiger partial charge in [0.05, 0.1) is 25.0 Å². The fraction of sp³-hybridized carbons (Fsp3) is 0.273. The van der Waals surface area contributed by atoms with Crippen molar-refractivity contribution in [2.75, 3.05) is 0 Å². The van der Waals surface area contributed by atoms with Crippen LogP contribution in [-0.4, -0.2) is 19.9 Å². The lowest BCUT2D eigenvalue weighted by Crippen LogP contribution is -2.27. The summed E-state index contributed by atoms with van der Waals surface area (Å²) in [6.45, 7) is 6.62. The van der Waals surface area contributed by atoms with Crippen molar-refractivity contribution >= 4 is 21.9 Å². The first-order valence-corrected chi connectivity index (χ1v) is 9.84. The second-order valence-corrected chi connectivity index (χ2v) is 8.62. The van der Waals surface area contributed by atoms with Crippen molar-refractivity contribution in [3.63, 3.8) is 0 Å². The third-order valence-electron chi connectivity index (χ3n) is 5.33. The summed E-state index contributed by atoms with van der Waals surface area (Å²) in [4.78, 5) is 15.1. The van der Waals surface area contributed by atoms with Crippen LogP contribution in [0.5, 0.6) is 0 Å². The van der Waals surface area contributed by atoms with Crippen molar-refractivity contribution in [3.05, 3.63) is 48.3 Å². The topological polar surface area (TPSA) is 136 Å². The number of hydrogen-bond donors (Lipinski definition) is 4. The number of nitrogens with zero attached hydrogens (tertiary/aromatic N) is 2. The van der Waals surface area contributed by atoms with E-state index in [2.05, 4.69) is 40.7 Å². The molecule has 1 atom stereocenters. The Balaban J connectivity index is 1.50. The molecule has 0 aliphatic rings. The Labute approximate surface area is 172 Å². The first-order valence-electron chi connectivity index (χ1n) is 9.84. The molecular formula is C22H24N6O2. The molecule has 5 aromatic rings. The van der Waals surface area contributed by atoms with Crippen molar-refractivity contribution in [2.24, 2.45) is 16.9 Å². The van der Waals surface area contributed by atoms with E-state index in [1.165, 1.54) is 0 Å². The van der Waals surface area contributed by atoms with Gasteiger partial charge in [-0.15, -0.1) is 0 Å². The Morgan fingerprint density at radius 3 is 2.00 bits per heavy atom. The van der Waals surface area contributed by atoms with E-state index in [0.29, 0.717) is 23.9 Å². The maximum atomic E-state index is 6.31. The van der Waals surface area contributed by atoms with Crippen LogP contribution in [0, 0.1) is 5.41 Å². The second kappa shape index (κ2) is 6.58. The zero-order valence-corrected chi connectivity index (χ0v) is 17.1. The van der Waals surface area contributed by atoms with Crippen LogP contribution in [0.25, 0.3) is 44.8 Å². The average molecular weight is 404 g/mol. The molecule has 0 spiro atoms. The molecule has 8 nitrogen and oxygen atoms in total. The lowest BCUT2D eigenvalue weighted by molar-refractivity contribution is 0.317. The van der Waals surface area contributed by atoms with E-state index >= 15 is 0 Å². The highest BCUT2D eigenvalue weighted by molar-refractivity contribution is 5.96. The van der Waals surface area contributed by atoms with E-state index in [0.717, 1.165) is 39.2 Å². The largest absolute Gasteiger partial charge is 0.454 e. The summed E-state index contributed by atoms with van der Waals surface area (Å²) < 4.78 is 12.1. The highest BCUT2D eigenvalue weighted by atomic mass is 16.3. The molecule has 154 valence electrons. The smallest absolute Gasteiger partial charge is 0.153 e. The van der Waals surface area contributed by atoms with Gasteiger partial charge in [-0.3, -0.25) is 0 Å². The normalized spacial score (nSPS) is 13.5. The van der Waals surface area contributed by atoms with Gasteiger partial charge in [-0.05, 0) is 29.7 Å². The number of fused-ring (bicyclic) bond motifs is 2. The van der Waals surface area contributed by atoms with E-state index in [1.54, 1.807) is 12.4 Å². The number of benzene rings is 1. The minimum atomic E-state index is -0.196. The number of furan rings is 2. The Hall–Kier alpha value is -3.36. The molecular weight excluding hydrogens is 380 g/mol. The van der Waals surface area contributed by atoms with E-state index < -0.39 is 0 Å². The first kappa shape index (κ1) is 18.7.